The highest BCUT2D eigenvalue weighted by Crippen LogP contribution is 2.14. The van der Waals surface area contributed by atoms with E-state index in [2.05, 4.69) is 5.32 Å². The normalized spacial score (nSPS) is 16.7. The Bertz CT molecular complexity index is 370. The third-order valence-corrected chi connectivity index (χ3v) is 3.04. The van der Waals surface area contributed by atoms with Gasteiger partial charge in [0, 0.05) is 31.4 Å². The summed E-state index contributed by atoms with van der Waals surface area (Å²) in [6.07, 6.45) is 1.65. The van der Waals surface area contributed by atoms with Crippen molar-refractivity contribution in [1.29, 1.82) is 0 Å². The number of anilines is 1. The fourth-order valence-corrected chi connectivity index (χ4v) is 1.93. The summed E-state index contributed by atoms with van der Waals surface area (Å²) in [6.45, 7) is 1.95. The third kappa shape index (κ3) is 3.46. The average molecular weight is 234 g/mol. The van der Waals surface area contributed by atoms with Gasteiger partial charge in [-0.3, -0.25) is 4.79 Å². The van der Waals surface area contributed by atoms with Crippen molar-refractivity contribution in [2.45, 2.75) is 19.4 Å². The predicted molar refractivity (Wildman–Crippen MR) is 66.2 cm³/mol. The first-order valence-corrected chi connectivity index (χ1v) is 5.95. The number of amides is 1. The maximum atomic E-state index is 11.8. The molecule has 1 fully saturated rings. The second kappa shape index (κ2) is 5.68. The van der Waals surface area contributed by atoms with E-state index < -0.39 is 0 Å². The molecule has 4 heteroatoms. The highest BCUT2D eigenvalue weighted by molar-refractivity contribution is 5.78. The van der Waals surface area contributed by atoms with Crippen LogP contribution in [0.2, 0.25) is 0 Å². The van der Waals surface area contributed by atoms with E-state index in [1.807, 2.05) is 24.3 Å². The van der Waals surface area contributed by atoms with Crippen molar-refractivity contribution in [1.82, 2.24) is 5.32 Å². The lowest BCUT2D eigenvalue weighted by molar-refractivity contribution is -0.128. The largest absolute Gasteiger partial charge is 0.399 e. The van der Waals surface area contributed by atoms with Crippen molar-refractivity contribution in [3.8, 4) is 0 Å². The van der Waals surface area contributed by atoms with Gasteiger partial charge in [-0.25, -0.2) is 0 Å². The monoisotopic (exact) mass is 234 g/mol. The molecule has 0 radical (unpaired) electrons. The fourth-order valence-electron chi connectivity index (χ4n) is 1.93. The van der Waals surface area contributed by atoms with Crippen LogP contribution in [0.15, 0.2) is 24.3 Å². The van der Waals surface area contributed by atoms with Gasteiger partial charge in [0.15, 0.2) is 0 Å². The minimum absolute atomic E-state index is 0.109. The highest BCUT2D eigenvalue weighted by atomic mass is 16.5. The van der Waals surface area contributed by atoms with E-state index in [0.717, 1.165) is 24.1 Å². The molecule has 2 rings (SSSR count). The Hall–Kier alpha value is -1.55. The van der Waals surface area contributed by atoms with E-state index in [0.29, 0.717) is 19.8 Å². The highest BCUT2D eigenvalue weighted by Gasteiger charge is 2.20. The molecule has 0 spiro atoms. The molecule has 0 unspecified atom stereocenters. The third-order valence-electron chi connectivity index (χ3n) is 3.04. The maximum Gasteiger partial charge on any atom is 0.223 e. The van der Waals surface area contributed by atoms with Gasteiger partial charge in [-0.2, -0.15) is 0 Å². The van der Waals surface area contributed by atoms with Crippen LogP contribution in [0.1, 0.15) is 18.4 Å². The Morgan fingerprint density at radius 2 is 1.94 bits per heavy atom. The number of carbonyl (C=O) groups excluding carboxylic acids is 1. The molecule has 3 N–H and O–H groups in total. The smallest absolute Gasteiger partial charge is 0.223 e. The SMILES string of the molecule is Nc1ccc(CNC(=O)C2CCOCC2)cc1. The predicted octanol–water partition coefficient (Wildman–Crippen LogP) is 1.31. The summed E-state index contributed by atoms with van der Waals surface area (Å²) in [6, 6.07) is 7.55. The van der Waals surface area contributed by atoms with Crippen LogP contribution in [0.5, 0.6) is 0 Å². The molecule has 17 heavy (non-hydrogen) atoms. The Morgan fingerprint density at radius 1 is 1.29 bits per heavy atom. The molecule has 1 heterocycles. The van der Waals surface area contributed by atoms with Gasteiger partial charge in [0.2, 0.25) is 5.91 Å². The van der Waals surface area contributed by atoms with E-state index in [1.165, 1.54) is 0 Å². The van der Waals surface area contributed by atoms with Crippen LogP contribution in [-0.4, -0.2) is 19.1 Å². The minimum atomic E-state index is 0.109. The van der Waals surface area contributed by atoms with E-state index >= 15 is 0 Å². The second-order valence-electron chi connectivity index (χ2n) is 4.35. The standard InChI is InChI=1S/C13H18N2O2/c14-12-3-1-10(2-4-12)9-15-13(16)11-5-7-17-8-6-11/h1-4,11H,5-9,14H2,(H,15,16). The number of nitrogens with one attached hydrogen (secondary N) is 1. The minimum Gasteiger partial charge on any atom is -0.399 e. The number of ether oxygens (including phenoxy) is 1. The van der Waals surface area contributed by atoms with Crippen LogP contribution in [0.25, 0.3) is 0 Å². The molecule has 1 aromatic carbocycles. The molecule has 92 valence electrons. The number of benzene rings is 1. The van der Waals surface area contributed by atoms with E-state index in [-0.39, 0.29) is 11.8 Å². The molecule has 1 aliphatic heterocycles. The zero-order valence-electron chi connectivity index (χ0n) is 9.82. The van der Waals surface area contributed by atoms with Crippen LogP contribution in [0, 0.1) is 5.92 Å². The molecule has 1 amide bonds. The number of rotatable bonds is 3. The summed E-state index contributed by atoms with van der Waals surface area (Å²) >= 11 is 0. The lowest BCUT2D eigenvalue weighted by Gasteiger charge is -2.21. The molecular weight excluding hydrogens is 216 g/mol. The summed E-state index contributed by atoms with van der Waals surface area (Å²) in [7, 11) is 0. The van der Waals surface area contributed by atoms with Crippen molar-refractivity contribution in [3.63, 3.8) is 0 Å². The van der Waals surface area contributed by atoms with Crippen molar-refractivity contribution >= 4 is 11.6 Å². The number of nitrogens with two attached hydrogens (primary N) is 1. The van der Waals surface area contributed by atoms with E-state index in [1.54, 1.807) is 0 Å². The topological polar surface area (TPSA) is 64.3 Å². The first kappa shape index (κ1) is 11.9. The second-order valence-corrected chi connectivity index (χ2v) is 4.35. The molecule has 4 nitrogen and oxygen atoms in total. The molecule has 1 aliphatic rings. The van der Waals surface area contributed by atoms with Crippen LogP contribution in [-0.2, 0) is 16.1 Å². The van der Waals surface area contributed by atoms with Crippen LogP contribution < -0.4 is 11.1 Å². The van der Waals surface area contributed by atoms with Gasteiger partial charge in [-0.1, -0.05) is 12.1 Å². The first-order valence-electron chi connectivity index (χ1n) is 5.95. The lowest BCUT2D eigenvalue weighted by atomic mass is 9.99. The first-order chi connectivity index (χ1) is 8.25. The molecule has 0 saturated carbocycles. The molecule has 0 aromatic heterocycles. The van der Waals surface area contributed by atoms with E-state index in [9.17, 15) is 4.79 Å². The number of hydrogen-bond acceptors (Lipinski definition) is 3. The van der Waals surface area contributed by atoms with Gasteiger partial charge in [-0.05, 0) is 30.5 Å². The maximum absolute atomic E-state index is 11.8. The Balaban J connectivity index is 1.81. The van der Waals surface area contributed by atoms with Crippen LogP contribution in [0.4, 0.5) is 5.69 Å². The molecule has 0 bridgehead atoms. The Morgan fingerprint density at radius 3 is 2.59 bits per heavy atom. The zero-order chi connectivity index (χ0) is 12.1. The summed E-state index contributed by atoms with van der Waals surface area (Å²) in [5.41, 5.74) is 7.41. The molecular formula is C13H18N2O2. The zero-order valence-corrected chi connectivity index (χ0v) is 9.82. The van der Waals surface area contributed by atoms with Gasteiger partial charge in [0.25, 0.3) is 0 Å². The summed E-state index contributed by atoms with van der Waals surface area (Å²) < 4.78 is 5.23. The van der Waals surface area contributed by atoms with Crippen LogP contribution in [0.3, 0.4) is 0 Å². The molecule has 1 saturated heterocycles. The van der Waals surface area contributed by atoms with Gasteiger partial charge in [0.1, 0.15) is 0 Å². The van der Waals surface area contributed by atoms with Crippen molar-refractivity contribution in [2.75, 3.05) is 18.9 Å². The quantitative estimate of drug-likeness (QED) is 0.775. The Kier molecular flexibility index (Phi) is 3.98. The van der Waals surface area contributed by atoms with Crippen LogP contribution >= 0.6 is 0 Å². The van der Waals surface area contributed by atoms with Gasteiger partial charge >= 0.3 is 0 Å². The molecule has 0 atom stereocenters. The Labute approximate surface area is 101 Å². The fraction of sp³-hybridized carbons (Fsp3) is 0.462. The van der Waals surface area contributed by atoms with Crippen molar-refractivity contribution in [2.24, 2.45) is 5.92 Å². The molecule has 1 aromatic rings. The van der Waals surface area contributed by atoms with Gasteiger partial charge < -0.3 is 15.8 Å². The number of hydrogen-bond donors (Lipinski definition) is 2. The van der Waals surface area contributed by atoms with Gasteiger partial charge in [0.05, 0.1) is 0 Å². The van der Waals surface area contributed by atoms with Crippen molar-refractivity contribution < 1.29 is 9.53 Å². The van der Waals surface area contributed by atoms with E-state index in [4.69, 9.17) is 10.5 Å². The summed E-state index contributed by atoms with van der Waals surface area (Å²) in [5.74, 6) is 0.239. The van der Waals surface area contributed by atoms with Crippen molar-refractivity contribution in [3.05, 3.63) is 29.8 Å². The average Bonchev–Trinajstić information content (AvgIpc) is 2.39. The number of nitrogen functional groups attached to an aromatic ring is 1. The summed E-state index contributed by atoms with van der Waals surface area (Å²) in [4.78, 5) is 11.8. The number of carbonyl (C=O) groups is 1. The summed E-state index contributed by atoms with van der Waals surface area (Å²) in [5, 5.41) is 2.95. The molecule has 0 aliphatic carbocycles. The van der Waals surface area contributed by atoms with Gasteiger partial charge in [-0.15, -0.1) is 0 Å². The lowest BCUT2D eigenvalue weighted by Crippen LogP contribution is -2.33.